The Kier molecular flexibility index (Phi) is 12.6. The van der Waals surface area contributed by atoms with Gasteiger partial charge in [-0.1, -0.05) is 72.8 Å². The van der Waals surface area contributed by atoms with Gasteiger partial charge in [0.2, 0.25) is 17.7 Å². The van der Waals surface area contributed by atoms with Crippen molar-refractivity contribution in [1.29, 1.82) is 0 Å². The van der Waals surface area contributed by atoms with E-state index in [1.54, 1.807) is 6.07 Å². The van der Waals surface area contributed by atoms with Crippen LogP contribution in [0.2, 0.25) is 0 Å². The smallest absolute Gasteiger partial charge is 0.407 e. The van der Waals surface area contributed by atoms with Crippen LogP contribution in [-0.2, 0) is 30.1 Å². The van der Waals surface area contributed by atoms with Gasteiger partial charge in [0.1, 0.15) is 12.1 Å². The minimum Gasteiger partial charge on any atom is -0.449 e. The van der Waals surface area contributed by atoms with E-state index in [1.807, 2.05) is 66.7 Å². The second-order valence-electron chi connectivity index (χ2n) is 11.1. The van der Waals surface area contributed by atoms with E-state index in [2.05, 4.69) is 10.6 Å². The summed E-state index contributed by atoms with van der Waals surface area (Å²) < 4.78 is 16.7. The van der Waals surface area contributed by atoms with Crippen molar-refractivity contribution in [2.24, 2.45) is 5.73 Å². The van der Waals surface area contributed by atoms with Crippen LogP contribution in [-0.4, -0.2) is 81.5 Å². The molecule has 0 aromatic heterocycles. The highest BCUT2D eigenvalue weighted by atomic mass is 32.2. The molecule has 1 aliphatic rings. The van der Waals surface area contributed by atoms with Crippen LogP contribution in [0.3, 0.4) is 0 Å². The van der Waals surface area contributed by atoms with Gasteiger partial charge in [-0.2, -0.15) is 0 Å². The van der Waals surface area contributed by atoms with Gasteiger partial charge in [-0.25, -0.2) is 4.79 Å². The zero-order valence-corrected chi connectivity index (χ0v) is 27.0. The number of alkyl carbamates (subject to hydrolysis) is 1. The van der Waals surface area contributed by atoms with Crippen LogP contribution in [0.25, 0.3) is 10.8 Å². The third kappa shape index (κ3) is 10.3. The summed E-state index contributed by atoms with van der Waals surface area (Å²) in [7, 11) is -4.37. The lowest BCUT2D eigenvalue weighted by molar-refractivity contribution is -0.143. The highest BCUT2D eigenvalue weighted by Crippen LogP contribution is 2.38. The SMILES string of the molecule is NC(=O)C(CNC(=O)C1CCCCN1C(=O)C(CSCP(=O)(O)O)NC(=O)OCCc1ccccc1)c1ccc2ccccc2c1. The fourth-order valence-corrected chi connectivity index (χ4v) is 7.18. The number of nitrogens with zero attached hydrogens (tertiary/aromatic N) is 1. The molecule has 6 N–H and O–H groups in total. The average Bonchev–Trinajstić information content (AvgIpc) is 3.03. The highest BCUT2D eigenvalue weighted by molar-refractivity contribution is 8.04. The molecule has 1 fully saturated rings. The first kappa shape index (κ1) is 35.0. The fraction of sp³-hybridized carbons (Fsp3) is 0.375. The molecule has 14 heteroatoms. The second-order valence-corrected chi connectivity index (χ2v) is 14.2. The van der Waals surface area contributed by atoms with Gasteiger partial charge in [0.15, 0.2) is 0 Å². The van der Waals surface area contributed by atoms with Crippen molar-refractivity contribution in [2.75, 3.05) is 30.9 Å². The number of likely N-dealkylation sites (tertiary alicyclic amines) is 1. The van der Waals surface area contributed by atoms with Crippen LogP contribution in [0.15, 0.2) is 72.8 Å². The average molecular weight is 671 g/mol. The molecule has 3 aromatic carbocycles. The number of benzene rings is 3. The van der Waals surface area contributed by atoms with Crippen LogP contribution in [0, 0.1) is 0 Å². The fourth-order valence-electron chi connectivity index (χ4n) is 5.35. The van der Waals surface area contributed by atoms with Gasteiger partial charge in [-0.3, -0.25) is 18.9 Å². The molecule has 4 rings (SSSR count). The van der Waals surface area contributed by atoms with Crippen LogP contribution in [0.1, 0.15) is 36.3 Å². The summed E-state index contributed by atoms with van der Waals surface area (Å²) in [5.74, 6) is -2.59. The number of nitrogens with two attached hydrogens (primary N) is 1. The van der Waals surface area contributed by atoms with Crippen LogP contribution >= 0.6 is 19.4 Å². The molecule has 4 amide bonds. The first-order valence-electron chi connectivity index (χ1n) is 15.0. The quantitative estimate of drug-likeness (QED) is 0.161. The van der Waals surface area contributed by atoms with Crippen molar-refractivity contribution in [3.05, 3.63) is 83.9 Å². The monoisotopic (exact) mass is 670 g/mol. The van der Waals surface area contributed by atoms with E-state index in [0.29, 0.717) is 31.2 Å². The van der Waals surface area contributed by atoms with Crippen LogP contribution in [0.4, 0.5) is 4.79 Å². The number of ether oxygens (including phenoxy) is 1. The predicted molar refractivity (Wildman–Crippen MR) is 176 cm³/mol. The number of rotatable bonds is 14. The number of nitrogens with one attached hydrogen (secondary N) is 2. The number of hydrogen-bond acceptors (Lipinski definition) is 7. The van der Waals surface area contributed by atoms with E-state index in [1.165, 1.54) is 4.90 Å². The van der Waals surface area contributed by atoms with Gasteiger partial charge < -0.3 is 35.8 Å². The van der Waals surface area contributed by atoms with E-state index in [4.69, 9.17) is 10.5 Å². The van der Waals surface area contributed by atoms with Crippen LogP contribution < -0.4 is 16.4 Å². The lowest BCUT2D eigenvalue weighted by Gasteiger charge is -2.37. The Morgan fingerprint density at radius 1 is 1.00 bits per heavy atom. The Labute approximate surface area is 271 Å². The molecule has 3 aromatic rings. The normalized spacial score (nSPS) is 16.3. The van der Waals surface area contributed by atoms with E-state index in [0.717, 1.165) is 28.1 Å². The summed E-state index contributed by atoms with van der Waals surface area (Å²) >= 11 is 0.816. The summed E-state index contributed by atoms with van der Waals surface area (Å²) in [6.45, 7) is 0.225. The van der Waals surface area contributed by atoms with Gasteiger partial charge >= 0.3 is 13.7 Å². The third-order valence-electron chi connectivity index (χ3n) is 7.69. The molecule has 3 atom stereocenters. The summed E-state index contributed by atoms with van der Waals surface area (Å²) in [6.07, 6.45) is 1.26. The molecular weight excluding hydrogens is 631 g/mol. The molecule has 0 spiro atoms. The first-order valence-corrected chi connectivity index (χ1v) is 17.9. The number of piperidine rings is 1. The van der Waals surface area contributed by atoms with Crippen molar-refractivity contribution in [2.45, 2.75) is 43.7 Å². The van der Waals surface area contributed by atoms with Crippen molar-refractivity contribution in [3.63, 3.8) is 0 Å². The summed E-state index contributed by atoms with van der Waals surface area (Å²) in [4.78, 5) is 72.3. The topological polar surface area (TPSA) is 188 Å². The molecule has 246 valence electrons. The molecule has 0 radical (unpaired) electrons. The van der Waals surface area contributed by atoms with Crippen molar-refractivity contribution < 1.29 is 38.3 Å². The second kappa shape index (κ2) is 16.6. The van der Waals surface area contributed by atoms with E-state index in [-0.39, 0.29) is 25.4 Å². The number of thioether (sulfide) groups is 1. The zero-order chi connectivity index (χ0) is 33.1. The predicted octanol–water partition coefficient (Wildman–Crippen LogP) is 3.11. The third-order valence-corrected chi connectivity index (χ3v) is 10.3. The van der Waals surface area contributed by atoms with Gasteiger partial charge in [-0.05, 0) is 41.2 Å². The molecule has 46 heavy (non-hydrogen) atoms. The number of carbonyl (C=O) groups excluding carboxylic acids is 4. The number of amides is 4. The van der Waals surface area contributed by atoms with E-state index < -0.39 is 54.9 Å². The molecule has 3 unspecified atom stereocenters. The number of carbonyl (C=O) groups is 4. The van der Waals surface area contributed by atoms with Gasteiger partial charge in [0.25, 0.3) is 0 Å². The minimum absolute atomic E-state index is 0.0549. The minimum atomic E-state index is -4.37. The number of fused-ring (bicyclic) bond motifs is 1. The maximum Gasteiger partial charge on any atom is 0.407 e. The summed E-state index contributed by atoms with van der Waals surface area (Å²) in [6, 6.07) is 20.5. The Morgan fingerprint density at radius 2 is 1.72 bits per heavy atom. The molecule has 1 heterocycles. The van der Waals surface area contributed by atoms with Gasteiger partial charge in [0, 0.05) is 25.3 Å². The van der Waals surface area contributed by atoms with Gasteiger partial charge in [-0.15, -0.1) is 11.8 Å². The van der Waals surface area contributed by atoms with Crippen molar-refractivity contribution >= 4 is 53.9 Å². The maximum atomic E-state index is 13.8. The lowest BCUT2D eigenvalue weighted by Crippen LogP contribution is -2.58. The first-order chi connectivity index (χ1) is 22.0. The Bertz CT molecular complexity index is 1570. The van der Waals surface area contributed by atoms with E-state index >= 15 is 0 Å². The van der Waals surface area contributed by atoms with E-state index in [9.17, 15) is 33.5 Å². The highest BCUT2D eigenvalue weighted by Gasteiger charge is 2.37. The molecule has 0 saturated carbocycles. The molecule has 0 aliphatic carbocycles. The molecule has 1 saturated heterocycles. The van der Waals surface area contributed by atoms with Crippen molar-refractivity contribution in [3.8, 4) is 0 Å². The molecular formula is C32H39N4O8PS. The Hall–Kier alpha value is -3.90. The number of hydrogen-bond donors (Lipinski definition) is 5. The standard InChI is InChI=1S/C32H39N4O8PS/c33-29(37)26(25-14-13-23-10-4-5-11-24(23)18-25)19-34-30(38)28-12-6-7-16-36(28)31(39)27(20-46-21-45(41,42)43)35-32(40)44-17-15-22-8-2-1-3-9-22/h1-5,8-11,13-14,18,26-28H,6-7,12,15-17,19-21H2,(H2,33,37)(H,34,38)(H,35,40)(H2,41,42,43). The Balaban J connectivity index is 1.42. The number of primary amides is 1. The van der Waals surface area contributed by atoms with Crippen LogP contribution in [0.5, 0.6) is 0 Å². The largest absolute Gasteiger partial charge is 0.449 e. The summed E-state index contributed by atoms with van der Waals surface area (Å²) in [5, 5.41) is 7.25. The zero-order valence-electron chi connectivity index (χ0n) is 25.2. The molecule has 1 aliphatic heterocycles. The lowest BCUT2D eigenvalue weighted by atomic mass is 9.95. The van der Waals surface area contributed by atoms with Gasteiger partial charge in [0.05, 0.1) is 18.0 Å². The van der Waals surface area contributed by atoms with Crippen molar-refractivity contribution in [1.82, 2.24) is 15.5 Å². The maximum absolute atomic E-state index is 13.8. The molecule has 0 bridgehead atoms. The molecule has 12 nitrogen and oxygen atoms in total. The summed E-state index contributed by atoms with van der Waals surface area (Å²) in [5.41, 5.74) is 6.78. The Morgan fingerprint density at radius 3 is 2.43 bits per heavy atom.